The molecule has 2 heterocycles. The third-order valence-electron chi connectivity index (χ3n) is 3.13. The van der Waals surface area contributed by atoms with Crippen LogP contribution in [0.3, 0.4) is 0 Å². The predicted molar refractivity (Wildman–Crippen MR) is 91.8 cm³/mol. The van der Waals surface area contributed by atoms with Crippen molar-refractivity contribution in [2.24, 2.45) is 14.1 Å². The summed E-state index contributed by atoms with van der Waals surface area (Å²) >= 11 is 0. The van der Waals surface area contributed by atoms with Crippen LogP contribution >= 0.6 is 0 Å². The molecule has 9 nitrogen and oxygen atoms in total. The molecule has 0 saturated carbocycles. The number of rotatable bonds is 4. The van der Waals surface area contributed by atoms with Gasteiger partial charge in [-0.2, -0.15) is 0 Å². The minimum Gasteiger partial charge on any atom is -0.444 e. The van der Waals surface area contributed by atoms with E-state index >= 15 is 0 Å². The Kier molecular flexibility index (Phi) is 4.96. The lowest BCUT2D eigenvalue weighted by Crippen LogP contribution is -2.27. The third kappa shape index (κ3) is 4.69. The standard InChI is InChI=1S/C16H21N5O4/c1-16(2,3)25-15(24)19-12-8-21(5)13(18-12)14(23)17-10-6-11(9-22)20(4)7-10/h6-9H,1-5H3,(H,17,23)(H,19,24). The van der Waals surface area contributed by atoms with E-state index < -0.39 is 17.6 Å². The van der Waals surface area contributed by atoms with Gasteiger partial charge in [0.25, 0.3) is 5.91 Å². The maximum Gasteiger partial charge on any atom is 0.413 e. The highest BCUT2D eigenvalue weighted by molar-refractivity contribution is 6.02. The Hall–Kier alpha value is -3.10. The summed E-state index contributed by atoms with van der Waals surface area (Å²) in [6.45, 7) is 5.24. The summed E-state index contributed by atoms with van der Waals surface area (Å²) in [4.78, 5) is 39.0. The van der Waals surface area contributed by atoms with Crippen molar-refractivity contribution in [1.82, 2.24) is 14.1 Å². The molecule has 134 valence electrons. The molecule has 25 heavy (non-hydrogen) atoms. The fourth-order valence-corrected chi connectivity index (χ4v) is 2.10. The lowest BCUT2D eigenvalue weighted by molar-refractivity contribution is 0.0635. The highest BCUT2D eigenvalue weighted by atomic mass is 16.6. The van der Waals surface area contributed by atoms with Crippen LogP contribution in [-0.4, -0.2) is 38.0 Å². The van der Waals surface area contributed by atoms with Gasteiger partial charge in [-0.25, -0.2) is 9.78 Å². The van der Waals surface area contributed by atoms with Crippen molar-refractivity contribution in [2.75, 3.05) is 10.6 Å². The Labute approximate surface area is 145 Å². The van der Waals surface area contributed by atoms with Gasteiger partial charge < -0.3 is 19.2 Å². The van der Waals surface area contributed by atoms with Crippen molar-refractivity contribution in [3.63, 3.8) is 0 Å². The molecule has 2 aromatic heterocycles. The van der Waals surface area contributed by atoms with E-state index in [4.69, 9.17) is 4.74 Å². The number of hydrogen-bond acceptors (Lipinski definition) is 5. The second kappa shape index (κ2) is 6.80. The van der Waals surface area contributed by atoms with Crippen molar-refractivity contribution >= 4 is 29.8 Å². The Morgan fingerprint density at radius 1 is 1.16 bits per heavy atom. The zero-order chi connectivity index (χ0) is 18.8. The van der Waals surface area contributed by atoms with Crippen LogP contribution in [0.2, 0.25) is 0 Å². The number of ether oxygens (including phenoxy) is 1. The number of amides is 2. The number of aldehydes is 1. The molecular weight excluding hydrogens is 326 g/mol. The van der Waals surface area contributed by atoms with E-state index in [2.05, 4.69) is 15.6 Å². The molecule has 0 radical (unpaired) electrons. The first-order valence-electron chi connectivity index (χ1n) is 7.55. The van der Waals surface area contributed by atoms with Gasteiger partial charge in [0.15, 0.2) is 12.1 Å². The fourth-order valence-electron chi connectivity index (χ4n) is 2.10. The van der Waals surface area contributed by atoms with Gasteiger partial charge in [-0.15, -0.1) is 0 Å². The molecule has 0 aliphatic heterocycles. The molecule has 0 aliphatic carbocycles. The monoisotopic (exact) mass is 347 g/mol. The van der Waals surface area contributed by atoms with Gasteiger partial charge in [0.1, 0.15) is 5.60 Å². The first-order chi connectivity index (χ1) is 11.6. The van der Waals surface area contributed by atoms with E-state index in [-0.39, 0.29) is 11.6 Å². The second-order valence-electron chi connectivity index (χ2n) is 6.52. The quantitative estimate of drug-likeness (QED) is 0.824. The average Bonchev–Trinajstić information content (AvgIpc) is 2.99. The van der Waals surface area contributed by atoms with Gasteiger partial charge in [0, 0.05) is 26.5 Å². The molecule has 2 amide bonds. The van der Waals surface area contributed by atoms with Crippen molar-refractivity contribution in [3.05, 3.63) is 30.0 Å². The number of carbonyl (C=O) groups excluding carboxylic acids is 3. The van der Waals surface area contributed by atoms with Gasteiger partial charge in [-0.3, -0.25) is 14.9 Å². The Bertz CT molecular complexity index is 813. The second-order valence-corrected chi connectivity index (χ2v) is 6.52. The minimum absolute atomic E-state index is 0.0996. The van der Waals surface area contributed by atoms with Crippen molar-refractivity contribution < 1.29 is 19.1 Å². The Morgan fingerprint density at radius 2 is 1.84 bits per heavy atom. The minimum atomic E-state index is -0.656. The molecule has 0 fully saturated rings. The summed E-state index contributed by atoms with van der Waals surface area (Å²) in [7, 11) is 3.33. The molecule has 0 aliphatic rings. The fraction of sp³-hybridized carbons (Fsp3) is 0.375. The van der Waals surface area contributed by atoms with E-state index in [1.54, 1.807) is 51.7 Å². The Balaban J connectivity index is 2.09. The topological polar surface area (TPSA) is 107 Å². The summed E-state index contributed by atoms with van der Waals surface area (Å²) in [5, 5.41) is 5.13. The molecule has 9 heteroatoms. The summed E-state index contributed by atoms with van der Waals surface area (Å²) in [6, 6.07) is 1.55. The van der Waals surface area contributed by atoms with E-state index in [1.165, 1.54) is 10.8 Å². The largest absolute Gasteiger partial charge is 0.444 e. The van der Waals surface area contributed by atoms with Crippen LogP contribution in [0, 0.1) is 0 Å². The highest BCUT2D eigenvalue weighted by Crippen LogP contribution is 2.15. The lowest BCUT2D eigenvalue weighted by Gasteiger charge is -2.18. The number of imidazole rings is 1. The van der Waals surface area contributed by atoms with Crippen LogP contribution in [0.15, 0.2) is 18.5 Å². The first kappa shape index (κ1) is 18.2. The first-order valence-corrected chi connectivity index (χ1v) is 7.55. The van der Waals surface area contributed by atoms with Gasteiger partial charge >= 0.3 is 6.09 Å². The van der Waals surface area contributed by atoms with Gasteiger partial charge in [-0.1, -0.05) is 0 Å². The van der Waals surface area contributed by atoms with Crippen molar-refractivity contribution in [3.8, 4) is 0 Å². The van der Waals surface area contributed by atoms with Gasteiger partial charge in [-0.05, 0) is 26.8 Å². The van der Waals surface area contributed by atoms with Crippen LogP contribution < -0.4 is 10.6 Å². The molecule has 2 N–H and O–H groups in total. The van der Waals surface area contributed by atoms with E-state index in [0.717, 1.165) is 0 Å². The number of hydrogen-bond donors (Lipinski definition) is 2. The average molecular weight is 347 g/mol. The molecule has 0 atom stereocenters. The number of anilines is 2. The van der Waals surface area contributed by atoms with Crippen LogP contribution in [0.4, 0.5) is 16.3 Å². The Morgan fingerprint density at radius 3 is 2.40 bits per heavy atom. The smallest absolute Gasteiger partial charge is 0.413 e. The zero-order valence-corrected chi connectivity index (χ0v) is 14.8. The van der Waals surface area contributed by atoms with E-state index in [0.29, 0.717) is 17.7 Å². The van der Waals surface area contributed by atoms with Crippen molar-refractivity contribution in [2.45, 2.75) is 26.4 Å². The number of aromatic nitrogens is 3. The highest BCUT2D eigenvalue weighted by Gasteiger charge is 2.19. The number of carbonyl (C=O) groups is 3. The summed E-state index contributed by atoms with van der Waals surface area (Å²) in [5.41, 5.74) is 0.268. The molecule has 0 aromatic carbocycles. The number of nitrogens with one attached hydrogen (secondary N) is 2. The van der Waals surface area contributed by atoms with Crippen molar-refractivity contribution in [1.29, 1.82) is 0 Å². The molecule has 2 aromatic rings. The molecule has 0 spiro atoms. The lowest BCUT2D eigenvalue weighted by atomic mass is 10.2. The maximum atomic E-state index is 12.3. The number of aryl methyl sites for hydroxylation is 2. The van der Waals surface area contributed by atoms with Crippen LogP contribution in [-0.2, 0) is 18.8 Å². The third-order valence-corrected chi connectivity index (χ3v) is 3.13. The van der Waals surface area contributed by atoms with Crippen LogP contribution in [0.25, 0.3) is 0 Å². The van der Waals surface area contributed by atoms with E-state index in [9.17, 15) is 14.4 Å². The molecule has 0 saturated heterocycles. The van der Waals surface area contributed by atoms with Crippen LogP contribution in [0.5, 0.6) is 0 Å². The molecule has 0 bridgehead atoms. The van der Waals surface area contributed by atoms with Gasteiger partial charge in [0.2, 0.25) is 5.82 Å². The summed E-state index contributed by atoms with van der Waals surface area (Å²) in [6.07, 6.45) is 3.15. The zero-order valence-electron chi connectivity index (χ0n) is 14.8. The molecular formula is C16H21N5O4. The predicted octanol–water partition coefficient (Wildman–Crippen LogP) is 2.17. The summed E-state index contributed by atoms with van der Waals surface area (Å²) in [5.74, 6) is -0.172. The summed E-state index contributed by atoms with van der Waals surface area (Å²) < 4.78 is 8.21. The number of nitrogens with zero attached hydrogens (tertiary/aromatic N) is 3. The molecule has 2 rings (SSSR count). The molecule has 0 unspecified atom stereocenters. The van der Waals surface area contributed by atoms with Gasteiger partial charge in [0.05, 0.1) is 11.4 Å². The van der Waals surface area contributed by atoms with Crippen LogP contribution in [0.1, 0.15) is 41.9 Å². The van der Waals surface area contributed by atoms with E-state index in [1.807, 2.05) is 0 Å². The SMILES string of the molecule is Cn1cc(NC(=O)c2nc(NC(=O)OC(C)(C)C)cn2C)cc1C=O. The normalized spacial score (nSPS) is 11.1. The maximum absolute atomic E-state index is 12.3.